The predicted octanol–water partition coefficient (Wildman–Crippen LogP) is 4.36. The third-order valence-corrected chi connectivity index (χ3v) is 5.86. The number of aromatic nitrogens is 5. The molecule has 0 saturated heterocycles. The van der Waals surface area contributed by atoms with Gasteiger partial charge in [0, 0.05) is 18.5 Å². The summed E-state index contributed by atoms with van der Waals surface area (Å²) in [6.45, 7) is 7.19. The van der Waals surface area contributed by atoms with Gasteiger partial charge in [-0.15, -0.1) is 24.8 Å². The molecule has 0 bridgehead atoms. The Balaban J connectivity index is 0.00000112. The third kappa shape index (κ3) is 3.53. The number of halogens is 2. The van der Waals surface area contributed by atoms with Crippen molar-refractivity contribution in [2.75, 3.05) is 6.54 Å². The van der Waals surface area contributed by atoms with E-state index in [1.165, 1.54) is 42.3 Å². The molecule has 0 amide bonds. The smallest absolute Gasteiger partial charge is 0.159 e. The third-order valence-electron chi connectivity index (χ3n) is 5.86. The van der Waals surface area contributed by atoms with Crippen LogP contribution in [0.15, 0.2) is 12.1 Å². The zero-order valence-electron chi connectivity index (χ0n) is 16.4. The van der Waals surface area contributed by atoms with E-state index in [1.54, 1.807) is 0 Å². The van der Waals surface area contributed by atoms with E-state index in [4.69, 9.17) is 15.2 Å². The van der Waals surface area contributed by atoms with E-state index in [-0.39, 0.29) is 24.8 Å². The number of hydrogen-bond acceptors (Lipinski definition) is 4. The van der Waals surface area contributed by atoms with Gasteiger partial charge in [0.1, 0.15) is 5.69 Å². The van der Waals surface area contributed by atoms with Crippen LogP contribution in [0.4, 0.5) is 0 Å². The molecule has 1 aliphatic heterocycles. The molecule has 3 aromatic rings. The standard InChI is InChI=1S/C20H26N6.2ClH/c1-13-10-17(18-11-16-12-21-8-5-9-25(16)24-18)22-20-19(13)14(2)23-26(20)15-6-3-4-7-15;;/h10-11,15,21H,3-9,12H2,1-2H3;2*1H. The number of nitrogens with one attached hydrogen (secondary N) is 1. The van der Waals surface area contributed by atoms with Gasteiger partial charge in [0.15, 0.2) is 5.65 Å². The van der Waals surface area contributed by atoms with E-state index >= 15 is 0 Å². The van der Waals surface area contributed by atoms with Crippen molar-refractivity contribution >= 4 is 35.8 Å². The van der Waals surface area contributed by atoms with E-state index in [9.17, 15) is 0 Å². The minimum absolute atomic E-state index is 0. The summed E-state index contributed by atoms with van der Waals surface area (Å²) >= 11 is 0. The summed E-state index contributed by atoms with van der Waals surface area (Å²) in [4.78, 5) is 5.04. The summed E-state index contributed by atoms with van der Waals surface area (Å²) in [6.07, 6.45) is 6.14. The molecule has 152 valence electrons. The Hall–Kier alpha value is -1.63. The fourth-order valence-corrected chi connectivity index (χ4v) is 4.55. The summed E-state index contributed by atoms with van der Waals surface area (Å²) in [7, 11) is 0. The second-order valence-corrected chi connectivity index (χ2v) is 7.77. The molecule has 2 aliphatic rings. The fraction of sp³-hybridized carbons (Fsp3) is 0.550. The van der Waals surface area contributed by atoms with Crippen molar-refractivity contribution in [2.45, 2.75) is 65.1 Å². The van der Waals surface area contributed by atoms with Crippen LogP contribution in [0.2, 0.25) is 0 Å². The van der Waals surface area contributed by atoms with Crippen molar-refractivity contribution in [2.24, 2.45) is 0 Å². The van der Waals surface area contributed by atoms with Crippen LogP contribution in [0.5, 0.6) is 0 Å². The van der Waals surface area contributed by atoms with Gasteiger partial charge in [-0.25, -0.2) is 9.67 Å². The van der Waals surface area contributed by atoms with Gasteiger partial charge < -0.3 is 5.32 Å². The van der Waals surface area contributed by atoms with Crippen molar-refractivity contribution in [3.05, 3.63) is 29.1 Å². The fourth-order valence-electron chi connectivity index (χ4n) is 4.55. The lowest BCUT2D eigenvalue weighted by Crippen LogP contribution is -2.11. The Bertz CT molecular complexity index is 947. The van der Waals surface area contributed by atoms with Crippen LogP contribution in [0.1, 0.15) is 55.1 Å². The quantitative estimate of drug-likeness (QED) is 0.665. The maximum absolute atomic E-state index is 5.04. The second kappa shape index (κ2) is 8.39. The first-order chi connectivity index (χ1) is 12.7. The van der Waals surface area contributed by atoms with E-state index < -0.39 is 0 Å². The average Bonchev–Trinajstić information content (AvgIpc) is 3.32. The molecule has 1 aliphatic carbocycles. The first kappa shape index (κ1) is 21.1. The van der Waals surface area contributed by atoms with Gasteiger partial charge in [-0.1, -0.05) is 12.8 Å². The Morgan fingerprint density at radius 3 is 2.57 bits per heavy atom. The lowest BCUT2D eigenvalue weighted by Gasteiger charge is -2.11. The van der Waals surface area contributed by atoms with Crippen molar-refractivity contribution in [3.63, 3.8) is 0 Å². The molecule has 8 heteroatoms. The van der Waals surface area contributed by atoms with Gasteiger partial charge in [0.25, 0.3) is 0 Å². The molecular formula is C20H28Cl2N6. The molecular weight excluding hydrogens is 395 g/mol. The lowest BCUT2D eigenvalue weighted by atomic mass is 10.1. The van der Waals surface area contributed by atoms with Crippen LogP contribution >= 0.6 is 24.8 Å². The second-order valence-electron chi connectivity index (χ2n) is 7.77. The summed E-state index contributed by atoms with van der Waals surface area (Å²) in [5.74, 6) is 0. The molecule has 0 aromatic carbocycles. The number of rotatable bonds is 2. The predicted molar refractivity (Wildman–Crippen MR) is 117 cm³/mol. The topological polar surface area (TPSA) is 60.6 Å². The zero-order valence-corrected chi connectivity index (χ0v) is 18.1. The van der Waals surface area contributed by atoms with Crippen LogP contribution in [0, 0.1) is 13.8 Å². The monoisotopic (exact) mass is 422 g/mol. The van der Waals surface area contributed by atoms with E-state index in [2.05, 4.69) is 40.7 Å². The van der Waals surface area contributed by atoms with Crippen LogP contribution in [-0.2, 0) is 13.1 Å². The van der Waals surface area contributed by atoms with Crippen molar-refractivity contribution < 1.29 is 0 Å². The molecule has 1 saturated carbocycles. The van der Waals surface area contributed by atoms with Crippen LogP contribution < -0.4 is 5.32 Å². The maximum atomic E-state index is 5.04. The summed E-state index contributed by atoms with van der Waals surface area (Å²) < 4.78 is 4.33. The number of fused-ring (bicyclic) bond motifs is 2. The Kier molecular flexibility index (Phi) is 6.32. The maximum Gasteiger partial charge on any atom is 0.159 e. The highest BCUT2D eigenvalue weighted by Crippen LogP contribution is 2.34. The summed E-state index contributed by atoms with van der Waals surface area (Å²) in [5.41, 5.74) is 6.56. The molecule has 4 heterocycles. The number of hydrogen-bond donors (Lipinski definition) is 1. The Labute approximate surface area is 177 Å². The highest BCUT2D eigenvalue weighted by atomic mass is 35.5. The SMILES string of the molecule is Cc1cc(-c2cc3n(n2)CCCNC3)nc2c1c(C)nn2C1CCCC1.Cl.Cl. The first-order valence-electron chi connectivity index (χ1n) is 9.85. The van der Waals surface area contributed by atoms with Crippen LogP contribution in [0.3, 0.4) is 0 Å². The normalized spacial score (nSPS) is 17.1. The van der Waals surface area contributed by atoms with Crippen LogP contribution in [-0.4, -0.2) is 31.1 Å². The van der Waals surface area contributed by atoms with Gasteiger partial charge in [-0.05, 0) is 57.4 Å². The van der Waals surface area contributed by atoms with Gasteiger partial charge in [0.05, 0.1) is 23.1 Å². The number of pyridine rings is 1. The lowest BCUT2D eigenvalue weighted by molar-refractivity contribution is 0.476. The highest BCUT2D eigenvalue weighted by molar-refractivity contribution is 5.86. The summed E-state index contributed by atoms with van der Waals surface area (Å²) in [6, 6.07) is 4.86. The molecule has 0 radical (unpaired) electrons. The van der Waals surface area contributed by atoms with Crippen molar-refractivity contribution in [3.8, 4) is 11.4 Å². The van der Waals surface area contributed by atoms with E-state index in [1.807, 2.05) is 0 Å². The van der Waals surface area contributed by atoms with Crippen molar-refractivity contribution in [1.82, 2.24) is 29.9 Å². The molecule has 5 rings (SSSR count). The van der Waals surface area contributed by atoms with Crippen LogP contribution in [0.25, 0.3) is 22.4 Å². The molecule has 0 unspecified atom stereocenters. The number of aryl methyl sites for hydroxylation is 3. The average molecular weight is 423 g/mol. The minimum atomic E-state index is 0. The largest absolute Gasteiger partial charge is 0.311 e. The molecule has 1 N–H and O–H groups in total. The minimum Gasteiger partial charge on any atom is -0.311 e. The van der Waals surface area contributed by atoms with Crippen molar-refractivity contribution in [1.29, 1.82) is 0 Å². The summed E-state index contributed by atoms with van der Waals surface area (Å²) in [5, 5.41) is 14.4. The molecule has 1 fully saturated rings. The zero-order chi connectivity index (χ0) is 17.7. The van der Waals surface area contributed by atoms with Gasteiger partial charge >= 0.3 is 0 Å². The molecule has 3 aromatic heterocycles. The van der Waals surface area contributed by atoms with E-state index in [0.29, 0.717) is 6.04 Å². The highest BCUT2D eigenvalue weighted by Gasteiger charge is 2.23. The number of nitrogens with zero attached hydrogens (tertiary/aromatic N) is 5. The first-order valence-corrected chi connectivity index (χ1v) is 9.85. The van der Waals surface area contributed by atoms with Gasteiger partial charge in [-0.3, -0.25) is 4.68 Å². The Morgan fingerprint density at radius 1 is 1.00 bits per heavy atom. The van der Waals surface area contributed by atoms with E-state index in [0.717, 1.165) is 48.8 Å². The molecule has 28 heavy (non-hydrogen) atoms. The van der Waals surface area contributed by atoms with Gasteiger partial charge in [0.2, 0.25) is 0 Å². The van der Waals surface area contributed by atoms with Gasteiger partial charge in [-0.2, -0.15) is 10.2 Å². The molecule has 6 nitrogen and oxygen atoms in total. The Morgan fingerprint density at radius 2 is 1.79 bits per heavy atom. The molecule has 0 spiro atoms. The molecule has 0 atom stereocenters.